The maximum Gasteiger partial charge on any atom is 0.253 e. The van der Waals surface area contributed by atoms with E-state index < -0.39 is 0 Å². The average Bonchev–Trinajstić information content (AvgIpc) is 2.70. The predicted molar refractivity (Wildman–Crippen MR) is 138 cm³/mol. The van der Waals surface area contributed by atoms with Crippen molar-refractivity contribution in [1.29, 1.82) is 5.41 Å². The van der Waals surface area contributed by atoms with E-state index in [1.165, 1.54) is 0 Å². The van der Waals surface area contributed by atoms with Gasteiger partial charge in [0.15, 0.2) is 0 Å². The molecule has 2 aromatic rings. The summed E-state index contributed by atoms with van der Waals surface area (Å²) < 4.78 is 0. The van der Waals surface area contributed by atoms with Gasteiger partial charge in [-0.15, -0.1) is 0 Å². The molecule has 5 N–H and O–H groups in total. The largest absolute Gasteiger partial charge is 0.370 e. The Bertz CT molecular complexity index is 1210. The number of carbonyl (C=O) groups excluding carboxylic acids is 1. The maximum absolute atomic E-state index is 13.3. The second-order valence-corrected chi connectivity index (χ2v) is 10.2. The van der Waals surface area contributed by atoms with Crippen molar-refractivity contribution in [2.24, 2.45) is 0 Å². The Balaban J connectivity index is 2.03. The molecule has 0 bridgehead atoms. The Morgan fingerprint density at radius 2 is 1.94 bits per heavy atom. The highest BCUT2D eigenvalue weighted by Crippen LogP contribution is 2.34. The fraction of sp³-hybridized carbons (Fsp3) is 0.462. The fourth-order valence-corrected chi connectivity index (χ4v) is 4.80. The molecule has 2 aromatic heterocycles. The molecule has 0 aromatic carbocycles. The van der Waals surface area contributed by atoms with Crippen molar-refractivity contribution in [2.75, 3.05) is 11.9 Å². The maximum atomic E-state index is 13.3. The molecule has 182 valence electrons. The summed E-state index contributed by atoms with van der Waals surface area (Å²) in [7, 11) is 0. The third-order valence-electron chi connectivity index (χ3n) is 5.87. The van der Waals surface area contributed by atoms with E-state index >= 15 is 0 Å². The lowest BCUT2D eigenvalue weighted by Crippen LogP contribution is -2.53. The van der Waals surface area contributed by atoms with Crippen LogP contribution in [-0.2, 0) is 6.54 Å². The zero-order chi connectivity index (χ0) is 25.3. The third-order valence-corrected chi connectivity index (χ3v) is 5.87. The number of hydrogen-bond acceptors (Lipinski definition) is 6. The van der Waals surface area contributed by atoms with Crippen molar-refractivity contribution in [1.82, 2.24) is 20.6 Å². The van der Waals surface area contributed by atoms with Crippen LogP contribution >= 0.6 is 0 Å². The topological polar surface area (TPSA) is 123 Å². The highest BCUT2D eigenvalue weighted by molar-refractivity contribution is 6.05. The summed E-state index contributed by atoms with van der Waals surface area (Å²) in [6, 6.07) is 3.64. The Morgan fingerprint density at radius 1 is 1.24 bits per heavy atom. The molecule has 1 aliphatic rings. The number of carbonyl (C=O) groups is 1. The molecule has 0 unspecified atom stereocenters. The summed E-state index contributed by atoms with van der Waals surface area (Å²) in [5, 5.41) is 17.7. The summed E-state index contributed by atoms with van der Waals surface area (Å²) in [4.78, 5) is 33.3. The van der Waals surface area contributed by atoms with Crippen LogP contribution in [0.25, 0.3) is 5.57 Å². The van der Waals surface area contributed by atoms with Gasteiger partial charge in [-0.2, -0.15) is 0 Å². The lowest BCUT2D eigenvalue weighted by atomic mass is 9.82. The van der Waals surface area contributed by atoms with Crippen LogP contribution in [0.2, 0.25) is 0 Å². The van der Waals surface area contributed by atoms with Crippen molar-refractivity contribution < 1.29 is 4.79 Å². The van der Waals surface area contributed by atoms with Crippen LogP contribution in [0.15, 0.2) is 23.0 Å². The molecule has 1 amide bonds. The van der Waals surface area contributed by atoms with Gasteiger partial charge in [0, 0.05) is 47.2 Å². The van der Waals surface area contributed by atoms with E-state index in [1.54, 1.807) is 6.07 Å². The molecule has 0 saturated carbocycles. The Morgan fingerprint density at radius 3 is 2.53 bits per heavy atom. The van der Waals surface area contributed by atoms with Gasteiger partial charge >= 0.3 is 0 Å². The van der Waals surface area contributed by atoms with Gasteiger partial charge in [-0.3, -0.25) is 9.59 Å². The first-order valence-corrected chi connectivity index (χ1v) is 11.6. The van der Waals surface area contributed by atoms with Crippen molar-refractivity contribution in [3.05, 3.63) is 62.2 Å². The van der Waals surface area contributed by atoms with Crippen molar-refractivity contribution in [2.45, 2.75) is 72.5 Å². The quantitative estimate of drug-likeness (QED) is 0.400. The number of nitrogens with one attached hydrogen (secondary N) is 5. The number of nitrogens with zero attached hydrogens (tertiary/aromatic N) is 1. The van der Waals surface area contributed by atoms with Gasteiger partial charge in [-0.1, -0.05) is 6.08 Å². The third kappa shape index (κ3) is 5.62. The van der Waals surface area contributed by atoms with E-state index in [2.05, 4.69) is 54.7 Å². The number of aromatic nitrogens is 2. The molecule has 8 nitrogen and oxygen atoms in total. The first-order valence-electron chi connectivity index (χ1n) is 11.6. The molecule has 0 spiro atoms. The summed E-state index contributed by atoms with van der Waals surface area (Å²) in [5.74, 6) is 0.147. The zero-order valence-electron chi connectivity index (χ0n) is 21.2. The minimum atomic E-state index is -0.353. The van der Waals surface area contributed by atoms with Crippen molar-refractivity contribution in [3.8, 4) is 0 Å². The van der Waals surface area contributed by atoms with Gasteiger partial charge in [0.2, 0.25) is 0 Å². The number of anilines is 1. The van der Waals surface area contributed by atoms with E-state index in [9.17, 15) is 9.59 Å². The minimum absolute atomic E-state index is 0.0958. The Hall–Kier alpha value is -3.26. The lowest BCUT2D eigenvalue weighted by Gasteiger charge is -2.41. The number of hydrogen-bond donors (Lipinski definition) is 5. The number of rotatable bonds is 7. The number of aryl methyl sites for hydroxylation is 2. The first kappa shape index (κ1) is 25.4. The van der Waals surface area contributed by atoms with Crippen LogP contribution in [0.4, 0.5) is 5.82 Å². The molecule has 0 radical (unpaired) electrons. The highest BCUT2D eigenvalue weighted by Gasteiger charge is 2.33. The van der Waals surface area contributed by atoms with E-state index in [4.69, 9.17) is 10.4 Å². The number of aromatic amines is 1. The van der Waals surface area contributed by atoms with Crippen LogP contribution in [0.5, 0.6) is 0 Å². The second kappa shape index (κ2) is 9.54. The van der Waals surface area contributed by atoms with Crippen LogP contribution in [-0.4, -0.2) is 39.7 Å². The van der Waals surface area contributed by atoms with Crippen LogP contribution in [0.3, 0.4) is 0 Å². The van der Waals surface area contributed by atoms with E-state index in [1.807, 2.05) is 26.8 Å². The van der Waals surface area contributed by atoms with Gasteiger partial charge in [0.05, 0.1) is 11.3 Å². The molecule has 3 rings (SSSR count). The smallest absolute Gasteiger partial charge is 0.253 e. The molecular weight excluding hydrogens is 428 g/mol. The van der Waals surface area contributed by atoms with Gasteiger partial charge in [-0.05, 0) is 78.2 Å². The first-order chi connectivity index (χ1) is 15.9. The van der Waals surface area contributed by atoms with Gasteiger partial charge in [-0.25, -0.2) is 4.98 Å². The number of pyridine rings is 2. The minimum Gasteiger partial charge on any atom is -0.370 e. The molecule has 0 atom stereocenters. The molecule has 3 heterocycles. The number of amides is 1. The standard InChI is InChI=1S/C26H36N6O2/c1-8-28-22-19(13-27)18(23(33)29-14-20-15(2)9-16(3)30-24(20)34)10-21(31-22)17-11-25(4,5)32-26(6,7)12-17/h9-11,13,27,32H,8,12,14H2,1-7H3,(H,28,31)(H,29,33)(H,30,34). The van der Waals surface area contributed by atoms with E-state index in [0.29, 0.717) is 34.7 Å². The van der Waals surface area contributed by atoms with Crippen molar-refractivity contribution in [3.63, 3.8) is 0 Å². The summed E-state index contributed by atoms with van der Waals surface area (Å²) in [6.07, 6.45) is 4.05. The fourth-order valence-electron chi connectivity index (χ4n) is 4.80. The molecule has 34 heavy (non-hydrogen) atoms. The van der Waals surface area contributed by atoms with Gasteiger partial charge in [0.25, 0.3) is 11.5 Å². The SMILES string of the molecule is CCNc1nc(C2=CC(C)(C)NC(C)(C)C2)cc(C(=O)NCc2c(C)cc(C)[nH]c2=O)c1C=N. The zero-order valence-corrected chi connectivity index (χ0v) is 21.2. The monoisotopic (exact) mass is 464 g/mol. The molecule has 0 saturated heterocycles. The Kier molecular flexibility index (Phi) is 7.12. The second-order valence-electron chi connectivity index (χ2n) is 10.2. The molecule has 0 aliphatic carbocycles. The van der Waals surface area contributed by atoms with Gasteiger partial charge in [0.1, 0.15) is 5.82 Å². The van der Waals surface area contributed by atoms with E-state index in [0.717, 1.165) is 29.5 Å². The summed E-state index contributed by atoms with van der Waals surface area (Å²) in [6.45, 7) is 14.8. The van der Waals surface area contributed by atoms with Crippen LogP contribution < -0.4 is 21.5 Å². The van der Waals surface area contributed by atoms with Crippen LogP contribution in [0.1, 0.15) is 79.5 Å². The molecular formula is C26H36N6O2. The molecule has 8 heteroatoms. The summed E-state index contributed by atoms with van der Waals surface area (Å²) >= 11 is 0. The highest BCUT2D eigenvalue weighted by atomic mass is 16.1. The predicted octanol–water partition coefficient (Wildman–Crippen LogP) is 3.68. The average molecular weight is 465 g/mol. The van der Waals surface area contributed by atoms with Gasteiger partial charge < -0.3 is 26.3 Å². The summed E-state index contributed by atoms with van der Waals surface area (Å²) in [5.41, 5.74) is 4.06. The van der Waals surface area contributed by atoms with Crippen molar-refractivity contribution >= 4 is 23.5 Å². The molecule has 0 fully saturated rings. The normalized spacial score (nSPS) is 16.5. The number of H-pyrrole nitrogens is 1. The van der Waals surface area contributed by atoms with Crippen LogP contribution in [0, 0.1) is 19.3 Å². The molecule has 1 aliphatic heterocycles. The Labute approximate surface area is 201 Å². The van der Waals surface area contributed by atoms with E-state index in [-0.39, 0.29) is 29.1 Å². The lowest BCUT2D eigenvalue weighted by molar-refractivity contribution is 0.0950.